The molecule has 0 saturated carbocycles. The first kappa shape index (κ1) is 22.1. The predicted octanol–water partition coefficient (Wildman–Crippen LogP) is 3.60. The number of carboxylic acid groups (broad SMARTS) is 1. The Balaban J connectivity index is 1.79. The minimum atomic E-state index is -5.09. The number of aromatic nitrogens is 2. The molecule has 0 saturated heterocycles. The number of carbonyl (C=O) groups is 2. The van der Waals surface area contributed by atoms with Crippen LogP contribution < -0.4 is 14.8 Å². The maximum Gasteiger partial charge on any atom is 0.573 e. The second kappa shape index (κ2) is 8.11. The van der Waals surface area contributed by atoms with Crippen molar-refractivity contribution in [2.75, 3.05) is 6.61 Å². The average Bonchev–Trinajstić information content (AvgIpc) is 3.25. The first-order valence-corrected chi connectivity index (χ1v) is 9.47. The predicted molar refractivity (Wildman–Crippen MR) is 103 cm³/mol. The van der Waals surface area contributed by atoms with Gasteiger partial charge in [0, 0.05) is 18.8 Å². The third-order valence-corrected chi connectivity index (χ3v) is 5.06. The third kappa shape index (κ3) is 4.31. The number of ether oxygens (including phenoxy) is 2. The van der Waals surface area contributed by atoms with Crippen molar-refractivity contribution in [3.05, 3.63) is 77.1 Å². The lowest BCUT2D eigenvalue weighted by molar-refractivity contribution is -0.275. The Bertz CT molecular complexity index is 1230. The van der Waals surface area contributed by atoms with Gasteiger partial charge in [-0.25, -0.2) is 9.18 Å². The van der Waals surface area contributed by atoms with Crippen LogP contribution in [0.3, 0.4) is 0 Å². The number of fused-ring (bicyclic) bond motifs is 1. The second-order valence-corrected chi connectivity index (χ2v) is 7.11. The number of H-pyrrole nitrogens is 1. The summed E-state index contributed by atoms with van der Waals surface area (Å²) in [4.78, 5) is 30.9. The molecule has 8 nitrogen and oxygen atoms in total. The minimum absolute atomic E-state index is 0.0201. The quantitative estimate of drug-likeness (QED) is 0.497. The SMILES string of the molecule is O=C(N[C@]1(c2ccc(OC(F)(F)F)c(F)c2)CCOc2cccnc21)c1c[nH]c(C(=O)O)c1. The molecule has 1 aliphatic heterocycles. The molecule has 12 heteroatoms. The van der Waals surface area contributed by atoms with E-state index in [9.17, 15) is 27.2 Å². The Labute approximate surface area is 183 Å². The molecule has 4 rings (SSSR count). The molecule has 0 spiro atoms. The van der Waals surface area contributed by atoms with Crippen LogP contribution in [-0.4, -0.2) is 39.9 Å². The van der Waals surface area contributed by atoms with Gasteiger partial charge in [-0.15, -0.1) is 13.2 Å². The van der Waals surface area contributed by atoms with Crippen molar-refractivity contribution in [3.63, 3.8) is 0 Å². The number of amides is 1. The average molecular weight is 465 g/mol. The fourth-order valence-electron chi connectivity index (χ4n) is 3.62. The Morgan fingerprint density at radius 1 is 1.24 bits per heavy atom. The van der Waals surface area contributed by atoms with Crippen LogP contribution in [0.2, 0.25) is 0 Å². The first-order chi connectivity index (χ1) is 15.6. The van der Waals surface area contributed by atoms with E-state index in [1.165, 1.54) is 18.5 Å². The highest BCUT2D eigenvalue weighted by Crippen LogP contribution is 2.42. The minimum Gasteiger partial charge on any atom is -0.491 e. The van der Waals surface area contributed by atoms with Gasteiger partial charge < -0.3 is 24.9 Å². The van der Waals surface area contributed by atoms with Crippen LogP contribution in [0.4, 0.5) is 17.6 Å². The van der Waals surface area contributed by atoms with E-state index in [4.69, 9.17) is 9.84 Å². The number of carbonyl (C=O) groups excluding carboxylic acids is 1. The monoisotopic (exact) mass is 465 g/mol. The van der Waals surface area contributed by atoms with Gasteiger partial charge in [0.1, 0.15) is 22.7 Å². The molecule has 1 aliphatic rings. The highest BCUT2D eigenvalue weighted by molar-refractivity contribution is 5.98. The van der Waals surface area contributed by atoms with Gasteiger partial charge in [0.15, 0.2) is 11.6 Å². The summed E-state index contributed by atoms with van der Waals surface area (Å²) in [6.07, 6.45) is -2.41. The molecule has 0 aliphatic carbocycles. The number of carboxylic acids is 1. The number of aromatic carboxylic acids is 1. The molecule has 0 fully saturated rings. The van der Waals surface area contributed by atoms with Crippen molar-refractivity contribution in [3.8, 4) is 11.5 Å². The number of halogens is 4. The van der Waals surface area contributed by atoms with Crippen LogP contribution in [-0.2, 0) is 5.54 Å². The second-order valence-electron chi connectivity index (χ2n) is 7.11. The van der Waals surface area contributed by atoms with Gasteiger partial charge >= 0.3 is 12.3 Å². The number of pyridine rings is 1. The summed E-state index contributed by atoms with van der Waals surface area (Å²) in [7, 11) is 0. The van der Waals surface area contributed by atoms with Gasteiger partial charge in [0.05, 0.1) is 12.2 Å². The molecule has 0 bridgehead atoms. The summed E-state index contributed by atoms with van der Waals surface area (Å²) in [6.45, 7) is 0.0783. The number of aromatic amines is 1. The van der Waals surface area contributed by atoms with Crippen LogP contribution in [0.1, 0.15) is 38.5 Å². The van der Waals surface area contributed by atoms with Crippen LogP contribution >= 0.6 is 0 Å². The highest BCUT2D eigenvalue weighted by Gasteiger charge is 2.43. The van der Waals surface area contributed by atoms with Crippen molar-refractivity contribution in [2.24, 2.45) is 0 Å². The van der Waals surface area contributed by atoms with Gasteiger partial charge in [-0.05, 0) is 35.9 Å². The third-order valence-electron chi connectivity index (χ3n) is 5.06. The Kier molecular flexibility index (Phi) is 5.44. The number of hydrogen-bond acceptors (Lipinski definition) is 5. The molecular formula is C21H15F4N3O5. The summed E-state index contributed by atoms with van der Waals surface area (Å²) in [5.41, 5.74) is -1.42. The van der Waals surface area contributed by atoms with Crippen LogP contribution in [0.5, 0.6) is 11.5 Å². The topological polar surface area (TPSA) is 114 Å². The Morgan fingerprint density at radius 3 is 2.70 bits per heavy atom. The van der Waals surface area contributed by atoms with Gasteiger partial charge in [-0.2, -0.15) is 0 Å². The molecule has 2 aromatic heterocycles. The van der Waals surface area contributed by atoms with Gasteiger partial charge in [-0.1, -0.05) is 6.07 Å². The summed E-state index contributed by atoms with van der Waals surface area (Å²) < 4.78 is 61.5. The molecule has 1 aromatic carbocycles. The van der Waals surface area contributed by atoms with Crippen molar-refractivity contribution >= 4 is 11.9 Å². The number of nitrogens with one attached hydrogen (secondary N) is 2. The molecule has 1 atom stereocenters. The maximum absolute atomic E-state index is 14.6. The fourth-order valence-corrected chi connectivity index (χ4v) is 3.62. The van der Waals surface area contributed by atoms with Crippen molar-refractivity contribution in [1.82, 2.24) is 15.3 Å². The lowest BCUT2D eigenvalue weighted by Crippen LogP contribution is -2.50. The Hall–Kier alpha value is -4.09. The smallest absolute Gasteiger partial charge is 0.491 e. The lowest BCUT2D eigenvalue weighted by Gasteiger charge is -2.39. The zero-order valence-electron chi connectivity index (χ0n) is 16.6. The van der Waals surface area contributed by atoms with Crippen LogP contribution in [0.15, 0.2) is 48.8 Å². The van der Waals surface area contributed by atoms with E-state index in [-0.39, 0.29) is 35.5 Å². The summed E-state index contributed by atoms with van der Waals surface area (Å²) in [6, 6.07) is 7.11. The van der Waals surface area contributed by atoms with Crippen LogP contribution in [0, 0.1) is 5.82 Å². The zero-order valence-corrected chi connectivity index (χ0v) is 16.6. The summed E-state index contributed by atoms with van der Waals surface area (Å²) >= 11 is 0. The van der Waals surface area contributed by atoms with E-state index < -0.39 is 35.3 Å². The summed E-state index contributed by atoms with van der Waals surface area (Å²) in [5, 5.41) is 11.8. The van der Waals surface area contributed by atoms with Crippen molar-refractivity contribution in [1.29, 1.82) is 0 Å². The fraction of sp³-hybridized carbons (Fsp3) is 0.190. The molecule has 3 aromatic rings. The van der Waals surface area contributed by atoms with Gasteiger partial charge in [0.25, 0.3) is 5.91 Å². The maximum atomic E-state index is 14.6. The molecule has 0 unspecified atom stereocenters. The molecule has 1 amide bonds. The zero-order chi connectivity index (χ0) is 23.8. The van der Waals surface area contributed by atoms with Crippen molar-refractivity contribution < 1.29 is 41.7 Å². The van der Waals surface area contributed by atoms with E-state index in [1.54, 1.807) is 12.1 Å². The summed E-state index contributed by atoms with van der Waals surface area (Å²) in [5.74, 6) is -4.02. The van der Waals surface area contributed by atoms with E-state index >= 15 is 0 Å². The van der Waals surface area contributed by atoms with Gasteiger partial charge in [0.2, 0.25) is 0 Å². The molecule has 33 heavy (non-hydrogen) atoms. The molecule has 3 heterocycles. The highest BCUT2D eigenvalue weighted by atomic mass is 19.4. The van der Waals surface area contributed by atoms with Crippen LogP contribution in [0.25, 0.3) is 0 Å². The normalized spacial score (nSPS) is 17.6. The first-order valence-electron chi connectivity index (χ1n) is 9.47. The van der Waals surface area contributed by atoms with E-state index in [0.29, 0.717) is 5.75 Å². The molecule has 3 N–H and O–H groups in total. The lowest BCUT2D eigenvalue weighted by atomic mass is 9.81. The molecular weight excluding hydrogens is 450 g/mol. The van der Waals surface area contributed by atoms with Gasteiger partial charge in [-0.3, -0.25) is 9.78 Å². The van der Waals surface area contributed by atoms with E-state index in [2.05, 4.69) is 20.0 Å². The number of rotatable bonds is 5. The largest absolute Gasteiger partial charge is 0.573 e. The molecule has 172 valence electrons. The number of hydrogen-bond donors (Lipinski definition) is 3. The molecule has 0 radical (unpaired) electrons. The Morgan fingerprint density at radius 2 is 2.03 bits per heavy atom. The van der Waals surface area contributed by atoms with E-state index in [0.717, 1.165) is 18.2 Å². The standard InChI is InChI=1S/C21H15F4N3O5/c22-13-9-12(3-4-15(13)33-21(23,24)25)20(5-7-32-16-2-1-6-26-17(16)20)28-18(29)11-8-14(19(30)31)27-10-11/h1-4,6,8-10,27H,5,7H2,(H,28,29)(H,30,31)/t20-/m0/s1. The number of nitrogens with zero attached hydrogens (tertiary/aromatic N) is 1. The number of benzene rings is 1. The van der Waals surface area contributed by atoms with E-state index in [1.807, 2.05) is 0 Å². The van der Waals surface area contributed by atoms with Crippen molar-refractivity contribution in [2.45, 2.75) is 18.3 Å². The number of alkyl halides is 3.